The first-order valence-electron chi connectivity index (χ1n) is 12.9. The number of hydrogen-bond acceptors (Lipinski definition) is 1. The van der Waals surface area contributed by atoms with Crippen molar-refractivity contribution < 1.29 is 8.98 Å². The Hall–Kier alpha value is -3.95. The van der Waals surface area contributed by atoms with Crippen molar-refractivity contribution in [2.45, 2.75) is 26.6 Å². The number of para-hydroxylation sites is 1. The molecule has 0 aliphatic rings. The Bertz CT molecular complexity index is 1760. The number of rotatable bonds is 4. The molecule has 0 saturated heterocycles. The third kappa shape index (κ3) is 4.00. The van der Waals surface area contributed by atoms with Crippen LogP contribution in [-0.2, 0) is 7.05 Å². The fourth-order valence-electron chi connectivity index (χ4n) is 5.48. The van der Waals surface area contributed by atoms with Crippen molar-refractivity contribution in [3.63, 3.8) is 0 Å². The second-order valence-corrected chi connectivity index (χ2v) is 16.0. The van der Waals surface area contributed by atoms with E-state index in [1.165, 1.54) is 33.1 Å². The summed E-state index contributed by atoms with van der Waals surface area (Å²) < 4.78 is 9.10. The van der Waals surface area contributed by atoms with Gasteiger partial charge in [-0.25, -0.2) is 4.57 Å². The van der Waals surface area contributed by atoms with E-state index in [2.05, 4.69) is 141 Å². The zero-order valence-electron chi connectivity index (χ0n) is 22.2. The summed E-state index contributed by atoms with van der Waals surface area (Å²) in [5, 5.41) is 3.77. The molecule has 3 heteroatoms. The number of aryl methyl sites for hydroxylation is 2. The summed E-state index contributed by atoms with van der Waals surface area (Å²) in [6, 6.07) is 34.6. The molecule has 4 aromatic carbocycles. The Morgan fingerprint density at radius 2 is 1.27 bits per heavy atom. The largest absolute Gasteiger partial charge is 0.454 e. The maximum absolute atomic E-state index is 6.80. The van der Waals surface area contributed by atoms with E-state index in [0.29, 0.717) is 0 Å². The van der Waals surface area contributed by atoms with Gasteiger partial charge in [0.15, 0.2) is 6.20 Å². The number of fused-ring (bicyclic) bond motifs is 3. The Labute approximate surface area is 219 Å². The molecule has 0 aliphatic heterocycles. The van der Waals surface area contributed by atoms with E-state index in [4.69, 9.17) is 4.42 Å². The van der Waals surface area contributed by atoms with Crippen molar-refractivity contribution >= 4 is 35.2 Å². The monoisotopic (exact) mass is 498 g/mol. The fourth-order valence-corrected chi connectivity index (χ4v) is 7.08. The van der Waals surface area contributed by atoms with Crippen molar-refractivity contribution in [1.29, 1.82) is 0 Å². The predicted molar refractivity (Wildman–Crippen MR) is 159 cm³/mol. The van der Waals surface area contributed by atoms with Crippen LogP contribution in [0.15, 0.2) is 108 Å². The lowest BCUT2D eigenvalue weighted by molar-refractivity contribution is -0.659. The molecular weight excluding hydrogens is 466 g/mol. The van der Waals surface area contributed by atoms with Crippen LogP contribution in [0.25, 0.3) is 55.4 Å². The number of aromatic nitrogens is 1. The van der Waals surface area contributed by atoms with E-state index in [0.717, 1.165) is 33.1 Å². The van der Waals surface area contributed by atoms with Gasteiger partial charge in [0.25, 0.3) is 0 Å². The van der Waals surface area contributed by atoms with Crippen LogP contribution in [0.4, 0.5) is 0 Å². The van der Waals surface area contributed by atoms with Crippen LogP contribution in [0.3, 0.4) is 0 Å². The molecule has 6 rings (SSSR count). The number of hydrogen-bond donors (Lipinski definition) is 0. The van der Waals surface area contributed by atoms with Gasteiger partial charge in [-0.3, -0.25) is 0 Å². The smallest absolute Gasteiger partial charge is 0.216 e. The fraction of sp³-hybridized carbons (Fsp3) is 0.147. The number of benzene rings is 4. The van der Waals surface area contributed by atoms with Crippen molar-refractivity contribution in [3.05, 3.63) is 109 Å². The molecule has 6 aromatic rings. The highest BCUT2D eigenvalue weighted by Gasteiger charge is 2.29. The summed E-state index contributed by atoms with van der Waals surface area (Å²) in [5.41, 5.74) is 10.3. The molecule has 0 atom stereocenters. The lowest BCUT2D eigenvalue weighted by atomic mass is 9.97. The molecule has 2 heterocycles. The summed E-state index contributed by atoms with van der Waals surface area (Å²) in [6.07, 6.45) is 2.36. The van der Waals surface area contributed by atoms with Crippen LogP contribution < -0.4 is 9.75 Å². The highest BCUT2D eigenvalue weighted by atomic mass is 28.3. The van der Waals surface area contributed by atoms with Gasteiger partial charge in [0.2, 0.25) is 5.69 Å². The quantitative estimate of drug-likeness (QED) is 0.177. The van der Waals surface area contributed by atoms with Gasteiger partial charge < -0.3 is 4.42 Å². The van der Waals surface area contributed by atoms with Gasteiger partial charge in [0, 0.05) is 27.6 Å². The van der Waals surface area contributed by atoms with Gasteiger partial charge in [-0.05, 0) is 29.2 Å². The highest BCUT2D eigenvalue weighted by molar-refractivity contribution is 6.89. The summed E-state index contributed by atoms with van der Waals surface area (Å²) in [6.45, 7) is 9.45. The van der Waals surface area contributed by atoms with Gasteiger partial charge in [-0.15, -0.1) is 0 Å². The predicted octanol–water partition coefficient (Wildman–Crippen LogP) is 8.27. The molecular formula is C34H32NOSi+. The summed E-state index contributed by atoms with van der Waals surface area (Å²) in [5.74, 6) is 0. The van der Waals surface area contributed by atoms with E-state index < -0.39 is 8.07 Å². The first-order chi connectivity index (χ1) is 17.8. The highest BCUT2D eigenvalue weighted by Crippen LogP contribution is 2.41. The standard InChI is InChI=1S/C34H32NOSi/c1-23-19-20-28-27-18-12-17-26(24-13-8-6-9-14-24)33(27)36-34(28)32(23)30-21-29(25-15-10-7-11-16-25)31(22-35(30)2)37(3,4)5/h6-22H,1-5H3/q+1. The minimum absolute atomic E-state index is 0.945. The second-order valence-electron chi connectivity index (χ2n) is 11.0. The van der Waals surface area contributed by atoms with Crippen LogP contribution in [-0.4, -0.2) is 8.07 Å². The van der Waals surface area contributed by atoms with Gasteiger partial charge in [-0.2, -0.15) is 0 Å². The van der Waals surface area contributed by atoms with Crippen LogP contribution >= 0.6 is 0 Å². The minimum Gasteiger partial charge on any atom is -0.454 e. The first kappa shape index (κ1) is 23.4. The third-order valence-electron chi connectivity index (χ3n) is 7.38. The summed E-state index contributed by atoms with van der Waals surface area (Å²) in [7, 11) is 0.572. The molecule has 0 spiro atoms. The van der Waals surface area contributed by atoms with E-state index in [-0.39, 0.29) is 0 Å². The number of nitrogens with zero attached hydrogens (tertiary/aromatic N) is 1. The number of furan rings is 1. The Balaban J connectivity index is 1.67. The van der Waals surface area contributed by atoms with Crippen molar-refractivity contribution in [2.24, 2.45) is 7.05 Å². The lowest BCUT2D eigenvalue weighted by Gasteiger charge is -2.20. The van der Waals surface area contributed by atoms with Crippen molar-refractivity contribution in [3.8, 4) is 33.5 Å². The van der Waals surface area contributed by atoms with Crippen molar-refractivity contribution in [1.82, 2.24) is 0 Å². The molecule has 2 aromatic heterocycles. The first-order valence-corrected chi connectivity index (χ1v) is 16.4. The van der Waals surface area contributed by atoms with Crippen LogP contribution in [0.5, 0.6) is 0 Å². The van der Waals surface area contributed by atoms with Crippen LogP contribution in [0.1, 0.15) is 5.56 Å². The SMILES string of the molecule is Cc1ccc2c(oc3c(-c4ccccc4)cccc32)c1-c1cc(-c2ccccc2)c([Si](C)(C)C)c[n+]1C. The summed E-state index contributed by atoms with van der Waals surface area (Å²) in [4.78, 5) is 0. The molecule has 2 nitrogen and oxygen atoms in total. The van der Waals surface area contributed by atoms with E-state index in [1.807, 2.05) is 0 Å². The van der Waals surface area contributed by atoms with E-state index >= 15 is 0 Å². The van der Waals surface area contributed by atoms with Gasteiger partial charge in [0.1, 0.15) is 18.2 Å². The van der Waals surface area contributed by atoms with Gasteiger partial charge in [-0.1, -0.05) is 111 Å². The Kier molecular flexibility index (Phi) is 5.61. The van der Waals surface area contributed by atoms with Gasteiger partial charge >= 0.3 is 0 Å². The maximum Gasteiger partial charge on any atom is 0.216 e. The molecule has 0 radical (unpaired) electrons. The number of pyridine rings is 1. The third-order valence-corrected chi connectivity index (χ3v) is 9.40. The van der Waals surface area contributed by atoms with Crippen LogP contribution in [0, 0.1) is 6.92 Å². The molecule has 0 bridgehead atoms. The summed E-state index contributed by atoms with van der Waals surface area (Å²) >= 11 is 0. The molecule has 0 aliphatic carbocycles. The zero-order valence-corrected chi connectivity index (χ0v) is 23.2. The molecule has 0 amide bonds. The van der Waals surface area contributed by atoms with Crippen LogP contribution in [0.2, 0.25) is 19.6 Å². The second kappa shape index (κ2) is 8.86. The zero-order chi connectivity index (χ0) is 25.7. The molecule has 182 valence electrons. The average molecular weight is 499 g/mol. The average Bonchev–Trinajstić information content (AvgIpc) is 3.28. The van der Waals surface area contributed by atoms with Crippen molar-refractivity contribution in [2.75, 3.05) is 0 Å². The normalized spacial score (nSPS) is 11.9. The molecule has 0 unspecified atom stereocenters. The topological polar surface area (TPSA) is 17.0 Å². The van der Waals surface area contributed by atoms with E-state index in [1.54, 1.807) is 0 Å². The Morgan fingerprint density at radius 1 is 0.649 bits per heavy atom. The molecule has 0 fully saturated rings. The van der Waals surface area contributed by atoms with Gasteiger partial charge in [0.05, 0.1) is 13.6 Å². The minimum atomic E-state index is -1.60. The maximum atomic E-state index is 6.80. The molecule has 37 heavy (non-hydrogen) atoms. The lowest BCUT2D eigenvalue weighted by Crippen LogP contribution is -2.46. The Morgan fingerprint density at radius 3 is 1.92 bits per heavy atom. The molecule has 0 saturated carbocycles. The van der Waals surface area contributed by atoms with E-state index in [9.17, 15) is 0 Å². The molecule has 0 N–H and O–H groups in total.